The second-order valence-corrected chi connectivity index (χ2v) is 5.95. The molecule has 1 aromatic carbocycles. The number of nitrogens with zero attached hydrogens (tertiary/aromatic N) is 1. The number of thioether (sulfide) groups is 1. The highest BCUT2D eigenvalue weighted by Gasteiger charge is 2.11. The Kier molecular flexibility index (Phi) is 3.92. The molecular weight excluding hydrogens is 284 g/mol. The molecule has 2 nitrogen and oxygen atoms in total. The minimum atomic E-state index is 0.445. The molecule has 1 unspecified atom stereocenters. The number of nitrogens with one attached hydrogen (secondary N) is 1. The molecule has 1 atom stereocenters. The molecule has 86 valence electrons. The van der Waals surface area contributed by atoms with Crippen LogP contribution in [0.1, 0.15) is 18.9 Å². The summed E-state index contributed by atoms with van der Waals surface area (Å²) in [4.78, 5) is 4.59. The first-order valence-electron chi connectivity index (χ1n) is 5.39. The second kappa shape index (κ2) is 5.23. The standard InChI is InChI=1S/C12H15BrN2S/c1-8-7-10(3-4-11(8)13)15-12-14-9(2)5-6-16-12/h3-4,7,9H,5-6H2,1-2H3,(H,14,15). The van der Waals surface area contributed by atoms with Crippen LogP contribution in [0.25, 0.3) is 0 Å². The molecule has 1 aliphatic rings. The predicted octanol–water partition coefficient (Wildman–Crippen LogP) is 4.05. The van der Waals surface area contributed by atoms with E-state index in [1.54, 1.807) is 11.8 Å². The van der Waals surface area contributed by atoms with Crippen LogP contribution in [0.15, 0.2) is 27.7 Å². The topological polar surface area (TPSA) is 24.4 Å². The van der Waals surface area contributed by atoms with Gasteiger partial charge in [-0.25, -0.2) is 0 Å². The van der Waals surface area contributed by atoms with E-state index in [0.717, 1.165) is 21.1 Å². The number of amidine groups is 1. The molecule has 1 aromatic rings. The smallest absolute Gasteiger partial charge is 0.161 e. The molecule has 16 heavy (non-hydrogen) atoms. The Hall–Kier alpha value is -0.480. The highest BCUT2D eigenvalue weighted by Crippen LogP contribution is 2.23. The maximum Gasteiger partial charge on any atom is 0.161 e. The number of benzene rings is 1. The van der Waals surface area contributed by atoms with Gasteiger partial charge in [-0.15, -0.1) is 0 Å². The Labute approximate surface area is 109 Å². The van der Waals surface area contributed by atoms with Crippen LogP contribution in [0, 0.1) is 6.92 Å². The summed E-state index contributed by atoms with van der Waals surface area (Å²) in [5.74, 6) is 1.16. The molecule has 0 fully saturated rings. The Balaban J connectivity index is 2.11. The van der Waals surface area contributed by atoms with Crippen molar-refractivity contribution in [1.29, 1.82) is 0 Å². The third-order valence-electron chi connectivity index (χ3n) is 2.52. The Morgan fingerprint density at radius 2 is 2.31 bits per heavy atom. The summed E-state index contributed by atoms with van der Waals surface area (Å²) in [5.41, 5.74) is 2.35. The molecule has 1 N–H and O–H groups in total. The maximum atomic E-state index is 4.59. The van der Waals surface area contributed by atoms with Gasteiger partial charge in [0.2, 0.25) is 0 Å². The quantitative estimate of drug-likeness (QED) is 0.846. The number of hydrogen-bond acceptors (Lipinski definition) is 3. The van der Waals surface area contributed by atoms with E-state index < -0.39 is 0 Å². The lowest BCUT2D eigenvalue weighted by Crippen LogP contribution is -2.17. The Morgan fingerprint density at radius 1 is 1.50 bits per heavy atom. The summed E-state index contributed by atoms with van der Waals surface area (Å²) in [6.45, 7) is 4.25. The lowest BCUT2D eigenvalue weighted by molar-refractivity contribution is 0.720. The highest BCUT2D eigenvalue weighted by atomic mass is 79.9. The fourth-order valence-corrected chi connectivity index (χ4v) is 2.89. The Bertz CT molecular complexity index is 417. The van der Waals surface area contributed by atoms with Gasteiger partial charge >= 0.3 is 0 Å². The van der Waals surface area contributed by atoms with Crippen molar-refractivity contribution in [2.75, 3.05) is 11.1 Å². The first-order valence-corrected chi connectivity index (χ1v) is 7.17. The van der Waals surface area contributed by atoms with Crippen LogP contribution in [0.2, 0.25) is 0 Å². The molecule has 0 saturated carbocycles. The third kappa shape index (κ3) is 3.01. The molecule has 0 bridgehead atoms. The molecule has 4 heteroatoms. The van der Waals surface area contributed by atoms with Crippen LogP contribution in [0.4, 0.5) is 5.69 Å². The van der Waals surface area contributed by atoms with Gasteiger partial charge in [0.25, 0.3) is 0 Å². The summed E-state index contributed by atoms with van der Waals surface area (Å²) < 4.78 is 1.14. The van der Waals surface area contributed by atoms with Crippen molar-refractivity contribution in [3.63, 3.8) is 0 Å². The van der Waals surface area contributed by atoms with Crippen LogP contribution in [0.3, 0.4) is 0 Å². The van der Waals surface area contributed by atoms with E-state index in [1.165, 1.54) is 12.0 Å². The fourth-order valence-electron chi connectivity index (χ4n) is 1.54. The zero-order valence-electron chi connectivity index (χ0n) is 9.46. The van der Waals surface area contributed by atoms with Crippen LogP contribution in [0.5, 0.6) is 0 Å². The average molecular weight is 299 g/mol. The summed E-state index contributed by atoms with van der Waals surface area (Å²) in [6, 6.07) is 6.71. The van der Waals surface area contributed by atoms with E-state index >= 15 is 0 Å². The highest BCUT2D eigenvalue weighted by molar-refractivity contribution is 9.10. The number of aryl methyl sites for hydroxylation is 1. The molecule has 0 aliphatic carbocycles. The fraction of sp³-hybridized carbons (Fsp3) is 0.417. The van der Waals surface area contributed by atoms with Gasteiger partial charge in [0.05, 0.1) is 6.04 Å². The van der Waals surface area contributed by atoms with Gasteiger partial charge in [-0.1, -0.05) is 27.7 Å². The second-order valence-electron chi connectivity index (χ2n) is 4.01. The van der Waals surface area contributed by atoms with Crippen molar-refractivity contribution in [2.24, 2.45) is 4.99 Å². The molecule has 2 rings (SSSR count). The van der Waals surface area contributed by atoms with Gasteiger partial charge < -0.3 is 5.32 Å². The summed E-state index contributed by atoms with van der Waals surface area (Å²) in [7, 11) is 0. The van der Waals surface area contributed by atoms with Crippen molar-refractivity contribution in [1.82, 2.24) is 0 Å². The minimum Gasteiger partial charge on any atom is -0.335 e. The zero-order valence-corrected chi connectivity index (χ0v) is 11.9. The van der Waals surface area contributed by atoms with Gasteiger partial charge in [-0.05, 0) is 44.0 Å². The average Bonchev–Trinajstić information content (AvgIpc) is 2.24. The number of hydrogen-bond donors (Lipinski definition) is 1. The molecule has 1 aliphatic heterocycles. The third-order valence-corrected chi connectivity index (χ3v) is 4.33. The van der Waals surface area contributed by atoms with Crippen molar-refractivity contribution < 1.29 is 0 Å². The van der Waals surface area contributed by atoms with E-state index in [1.807, 2.05) is 0 Å². The first-order chi connectivity index (χ1) is 7.65. The zero-order chi connectivity index (χ0) is 11.5. The van der Waals surface area contributed by atoms with Gasteiger partial charge in [0.15, 0.2) is 5.17 Å². The van der Waals surface area contributed by atoms with Crippen LogP contribution >= 0.6 is 27.7 Å². The molecular formula is C12H15BrN2S. The molecule has 0 radical (unpaired) electrons. The summed E-state index contributed by atoms with van der Waals surface area (Å²) in [5, 5.41) is 4.41. The number of aliphatic imine (C=N–C) groups is 1. The predicted molar refractivity (Wildman–Crippen MR) is 76.5 cm³/mol. The monoisotopic (exact) mass is 298 g/mol. The molecule has 0 saturated heterocycles. The van der Waals surface area contributed by atoms with E-state index in [4.69, 9.17) is 0 Å². The maximum absolute atomic E-state index is 4.59. The van der Waals surface area contributed by atoms with Crippen LogP contribution in [-0.4, -0.2) is 17.0 Å². The lowest BCUT2D eigenvalue weighted by atomic mass is 10.2. The van der Waals surface area contributed by atoms with Crippen molar-refractivity contribution in [3.05, 3.63) is 28.2 Å². The molecule has 0 amide bonds. The molecule has 0 spiro atoms. The summed E-state index contributed by atoms with van der Waals surface area (Å²) >= 11 is 5.30. The SMILES string of the molecule is Cc1cc(NC2=NC(C)CCS2)ccc1Br. The first kappa shape index (κ1) is 12.0. The van der Waals surface area contributed by atoms with E-state index in [-0.39, 0.29) is 0 Å². The van der Waals surface area contributed by atoms with Crippen LogP contribution < -0.4 is 5.32 Å². The van der Waals surface area contributed by atoms with Gasteiger partial charge in [-0.3, -0.25) is 4.99 Å². The lowest BCUT2D eigenvalue weighted by Gasteiger charge is -2.18. The van der Waals surface area contributed by atoms with Gasteiger partial charge in [-0.2, -0.15) is 0 Å². The minimum absolute atomic E-state index is 0.445. The largest absolute Gasteiger partial charge is 0.335 e. The molecule has 0 aromatic heterocycles. The van der Waals surface area contributed by atoms with E-state index in [2.05, 4.69) is 58.3 Å². The van der Waals surface area contributed by atoms with Gasteiger partial charge in [0.1, 0.15) is 0 Å². The molecule has 1 heterocycles. The van der Waals surface area contributed by atoms with Crippen molar-refractivity contribution in [2.45, 2.75) is 26.3 Å². The van der Waals surface area contributed by atoms with Gasteiger partial charge in [0, 0.05) is 15.9 Å². The Morgan fingerprint density at radius 3 is 3.00 bits per heavy atom. The normalized spacial score (nSPS) is 20.4. The summed E-state index contributed by atoms with van der Waals surface area (Å²) in [6.07, 6.45) is 1.18. The number of rotatable bonds is 1. The van der Waals surface area contributed by atoms with Crippen molar-refractivity contribution >= 4 is 38.5 Å². The van der Waals surface area contributed by atoms with Crippen molar-refractivity contribution in [3.8, 4) is 0 Å². The van der Waals surface area contributed by atoms with E-state index in [9.17, 15) is 0 Å². The van der Waals surface area contributed by atoms with Crippen LogP contribution in [-0.2, 0) is 0 Å². The number of anilines is 1. The van der Waals surface area contributed by atoms with E-state index in [0.29, 0.717) is 6.04 Å². The number of halogens is 1.